The lowest BCUT2D eigenvalue weighted by Gasteiger charge is -2.34. The van der Waals surface area contributed by atoms with Crippen molar-refractivity contribution in [2.24, 2.45) is 5.92 Å². The minimum atomic E-state index is -4.39. The van der Waals surface area contributed by atoms with Gasteiger partial charge in [0.2, 0.25) is 5.91 Å². The number of carbonyl (C=O) groups is 1. The second kappa shape index (κ2) is 10.0. The lowest BCUT2D eigenvalue weighted by Crippen LogP contribution is -2.41. The zero-order valence-corrected chi connectivity index (χ0v) is 19.0. The van der Waals surface area contributed by atoms with Crippen LogP contribution in [0, 0.1) is 5.92 Å². The van der Waals surface area contributed by atoms with Gasteiger partial charge in [-0.3, -0.25) is 4.79 Å². The first kappa shape index (κ1) is 23.4. The maximum Gasteiger partial charge on any atom is 0.417 e. The topological polar surface area (TPSA) is 39.7 Å². The number of hydrogen-bond acceptors (Lipinski definition) is 4. The van der Waals surface area contributed by atoms with Crippen molar-refractivity contribution in [2.75, 3.05) is 43.0 Å². The van der Waals surface area contributed by atoms with E-state index in [-0.39, 0.29) is 11.8 Å². The van der Waals surface area contributed by atoms with E-state index in [1.165, 1.54) is 31.0 Å². The Kier molecular flexibility index (Phi) is 7.10. The number of anilines is 2. The summed E-state index contributed by atoms with van der Waals surface area (Å²) in [5.74, 6) is 0.569. The smallest absolute Gasteiger partial charge is 0.372 e. The molecule has 178 valence electrons. The van der Waals surface area contributed by atoms with E-state index in [9.17, 15) is 18.0 Å². The zero-order chi connectivity index (χ0) is 23.4. The molecule has 0 unspecified atom stereocenters. The van der Waals surface area contributed by atoms with Crippen LogP contribution in [0.5, 0.6) is 0 Å². The summed E-state index contributed by atoms with van der Waals surface area (Å²) in [7, 11) is 1.84. The molecular formula is C25H31F3N4O. The van der Waals surface area contributed by atoms with Gasteiger partial charge in [-0.2, -0.15) is 13.2 Å². The van der Waals surface area contributed by atoms with Gasteiger partial charge in [0.15, 0.2) is 0 Å². The molecule has 0 spiro atoms. The van der Waals surface area contributed by atoms with Crippen molar-refractivity contribution < 1.29 is 18.0 Å². The van der Waals surface area contributed by atoms with Crippen LogP contribution in [0.2, 0.25) is 0 Å². The molecule has 8 heteroatoms. The maximum atomic E-state index is 13.0. The molecule has 0 radical (unpaired) electrons. The van der Waals surface area contributed by atoms with E-state index in [2.05, 4.69) is 34.1 Å². The highest BCUT2D eigenvalue weighted by molar-refractivity contribution is 5.79. The van der Waals surface area contributed by atoms with Crippen LogP contribution in [0.25, 0.3) is 0 Å². The molecule has 2 fully saturated rings. The number of nitrogens with zero attached hydrogens (tertiary/aromatic N) is 4. The Labute approximate surface area is 193 Å². The average molecular weight is 461 g/mol. The van der Waals surface area contributed by atoms with Gasteiger partial charge in [0.1, 0.15) is 5.82 Å². The number of alkyl halides is 3. The van der Waals surface area contributed by atoms with Crippen LogP contribution in [-0.2, 0) is 17.5 Å². The number of pyridine rings is 1. The molecule has 4 rings (SSSR count). The Bertz CT molecular complexity index is 916. The molecule has 2 saturated heterocycles. The molecular weight excluding hydrogens is 429 g/mol. The molecule has 3 heterocycles. The Morgan fingerprint density at radius 2 is 1.64 bits per heavy atom. The predicted molar refractivity (Wildman–Crippen MR) is 123 cm³/mol. The highest BCUT2D eigenvalue weighted by atomic mass is 19.4. The van der Waals surface area contributed by atoms with E-state index in [0.717, 1.165) is 30.9 Å². The normalized spacial score (nSPS) is 17.8. The lowest BCUT2D eigenvalue weighted by atomic mass is 9.95. The van der Waals surface area contributed by atoms with Crippen LogP contribution in [0.3, 0.4) is 0 Å². The molecule has 1 aromatic carbocycles. The average Bonchev–Trinajstić information content (AvgIpc) is 2.84. The Hall–Kier alpha value is -2.77. The van der Waals surface area contributed by atoms with Gasteiger partial charge in [0, 0.05) is 57.6 Å². The number of amides is 1. The zero-order valence-electron chi connectivity index (χ0n) is 19.0. The van der Waals surface area contributed by atoms with E-state index in [1.54, 1.807) is 4.90 Å². The molecule has 0 atom stereocenters. The summed E-state index contributed by atoms with van der Waals surface area (Å²) < 4.78 is 38.2. The second-order valence-corrected chi connectivity index (χ2v) is 9.07. The number of halogens is 3. The molecule has 33 heavy (non-hydrogen) atoms. The number of piperidine rings is 2. The Morgan fingerprint density at radius 3 is 2.21 bits per heavy atom. The maximum absolute atomic E-state index is 13.0. The molecule has 0 aliphatic carbocycles. The van der Waals surface area contributed by atoms with Crippen molar-refractivity contribution in [2.45, 2.75) is 44.8 Å². The standard InChI is InChI=1S/C25H31F3N4O/c1-30(18-19-5-8-22(9-6-19)31-13-3-2-4-14-31)24(33)20-11-15-32(16-12-20)23-10-7-21(17-29-23)25(26,27)28/h5-10,17,20H,2-4,11-16,18H2,1H3. The summed E-state index contributed by atoms with van der Waals surface area (Å²) in [6.07, 6.45) is 1.61. The van der Waals surface area contributed by atoms with E-state index in [1.807, 2.05) is 11.9 Å². The minimum absolute atomic E-state index is 0.0756. The molecule has 0 bridgehead atoms. The van der Waals surface area contributed by atoms with Gasteiger partial charge >= 0.3 is 6.18 Å². The summed E-state index contributed by atoms with van der Waals surface area (Å²) in [5.41, 5.74) is 1.61. The third-order valence-electron chi connectivity index (χ3n) is 6.70. The molecule has 0 N–H and O–H groups in total. The van der Waals surface area contributed by atoms with Crippen molar-refractivity contribution in [3.63, 3.8) is 0 Å². The molecule has 2 aliphatic rings. The first-order chi connectivity index (χ1) is 15.8. The minimum Gasteiger partial charge on any atom is -0.372 e. The highest BCUT2D eigenvalue weighted by Gasteiger charge is 2.32. The van der Waals surface area contributed by atoms with Crippen LogP contribution in [0.4, 0.5) is 24.7 Å². The molecule has 1 aromatic heterocycles. The summed E-state index contributed by atoms with van der Waals surface area (Å²) in [5, 5.41) is 0. The lowest BCUT2D eigenvalue weighted by molar-refractivity contribution is -0.138. The highest BCUT2D eigenvalue weighted by Crippen LogP contribution is 2.30. The van der Waals surface area contributed by atoms with Crippen molar-refractivity contribution in [3.8, 4) is 0 Å². The van der Waals surface area contributed by atoms with Gasteiger partial charge in [0.25, 0.3) is 0 Å². The first-order valence-electron chi connectivity index (χ1n) is 11.7. The molecule has 1 amide bonds. The van der Waals surface area contributed by atoms with E-state index < -0.39 is 11.7 Å². The Morgan fingerprint density at radius 1 is 0.970 bits per heavy atom. The van der Waals surface area contributed by atoms with Gasteiger partial charge in [0.05, 0.1) is 5.56 Å². The SMILES string of the molecule is CN(Cc1ccc(N2CCCCC2)cc1)C(=O)C1CCN(c2ccc(C(F)(F)F)cn2)CC1. The van der Waals surface area contributed by atoms with Gasteiger partial charge < -0.3 is 14.7 Å². The molecule has 5 nitrogen and oxygen atoms in total. The fraction of sp³-hybridized carbons (Fsp3) is 0.520. The van der Waals surface area contributed by atoms with Gasteiger partial charge in [-0.1, -0.05) is 12.1 Å². The molecule has 2 aromatic rings. The van der Waals surface area contributed by atoms with E-state index >= 15 is 0 Å². The number of benzene rings is 1. The van der Waals surface area contributed by atoms with Crippen LogP contribution in [-0.4, -0.2) is 49.0 Å². The van der Waals surface area contributed by atoms with Crippen molar-refractivity contribution in [1.82, 2.24) is 9.88 Å². The summed E-state index contributed by atoms with van der Waals surface area (Å²) in [6.45, 7) is 4.00. The van der Waals surface area contributed by atoms with Gasteiger partial charge in [-0.05, 0) is 61.9 Å². The largest absolute Gasteiger partial charge is 0.417 e. The number of rotatable bonds is 5. The predicted octanol–water partition coefficient (Wildman–Crippen LogP) is 4.97. The summed E-state index contributed by atoms with van der Waals surface area (Å²) in [6, 6.07) is 11.0. The molecule has 2 aliphatic heterocycles. The first-order valence-corrected chi connectivity index (χ1v) is 11.7. The Balaban J connectivity index is 1.27. The third kappa shape index (κ3) is 5.78. The third-order valence-corrected chi connectivity index (χ3v) is 6.70. The van der Waals surface area contributed by atoms with Crippen LogP contribution in [0.15, 0.2) is 42.6 Å². The molecule has 0 saturated carbocycles. The van der Waals surface area contributed by atoms with Crippen LogP contribution in [0.1, 0.15) is 43.2 Å². The van der Waals surface area contributed by atoms with Crippen molar-refractivity contribution >= 4 is 17.4 Å². The van der Waals surface area contributed by atoms with Crippen LogP contribution >= 0.6 is 0 Å². The van der Waals surface area contributed by atoms with Crippen molar-refractivity contribution in [3.05, 3.63) is 53.7 Å². The quantitative estimate of drug-likeness (QED) is 0.632. The fourth-order valence-corrected chi connectivity index (χ4v) is 4.72. The van der Waals surface area contributed by atoms with Gasteiger partial charge in [-0.15, -0.1) is 0 Å². The number of aromatic nitrogens is 1. The van der Waals surface area contributed by atoms with E-state index in [0.29, 0.717) is 38.3 Å². The monoisotopic (exact) mass is 460 g/mol. The second-order valence-electron chi connectivity index (χ2n) is 9.07. The fourth-order valence-electron chi connectivity index (χ4n) is 4.72. The summed E-state index contributed by atoms with van der Waals surface area (Å²) >= 11 is 0. The summed E-state index contributed by atoms with van der Waals surface area (Å²) in [4.78, 5) is 23.1. The van der Waals surface area contributed by atoms with Crippen LogP contribution < -0.4 is 9.80 Å². The van der Waals surface area contributed by atoms with E-state index in [4.69, 9.17) is 0 Å². The van der Waals surface area contributed by atoms with Gasteiger partial charge in [-0.25, -0.2) is 4.98 Å². The number of hydrogen-bond donors (Lipinski definition) is 0. The van der Waals surface area contributed by atoms with Crippen molar-refractivity contribution in [1.29, 1.82) is 0 Å². The number of carbonyl (C=O) groups excluding carboxylic acids is 1.